The molecule has 4 rings (SSSR count). The van der Waals surface area contributed by atoms with Crippen LogP contribution in [0.15, 0.2) is 59.8 Å². The van der Waals surface area contributed by atoms with Crippen molar-refractivity contribution >= 4 is 35.0 Å². The van der Waals surface area contributed by atoms with Crippen LogP contribution in [0.2, 0.25) is 5.02 Å². The highest BCUT2D eigenvalue weighted by Gasteiger charge is 2.19. The number of nitrogens with zero attached hydrogens (tertiary/aromatic N) is 3. The van der Waals surface area contributed by atoms with E-state index in [0.717, 1.165) is 16.7 Å². The third-order valence-electron chi connectivity index (χ3n) is 5.93. The summed E-state index contributed by atoms with van der Waals surface area (Å²) in [7, 11) is 3.17. The van der Waals surface area contributed by atoms with Gasteiger partial charge in [-0.15, -0.1) is 10.2 Å². The van der Waals surface area contributed by atoms with Gasteiger partial charge in [0, 0.05) is 21.8 Å². The molecular formula is C30H31ClN4O5S. The fraction of sp³-hybridized carbons (Fsp3) is 0.267. The predicted molar refractivity (Wildman–Crippen MR) is 162 cm³/mol. The number of thioether (sulfide) groups is 1. The van der Waals surface area contributed by atoms with Crippen LogP contribution in [0.5, 0.6) is 23.0 Å². The van der Waals surface area contributed by atoms with Crippen molar-refractivity contribution in [2.45, 2.75) is 25.9 Å². The van der Waals surface area contributed by atoms with Crippen LogP contribution in [0.4, 0.5) is 5.69 Å². The SMILES string of the molecule is CCOc1ccc(-c2nnc(SCC(=O)Nc3ccc(C)c(Cl)c3)nc2-c2ccc(OCC)c(OC)c2)cc1OC. The highest BCUT2D eigenvalue weighted by molar-refractivity contribution is 7.99. The third-order valence-corrected chi connectivity index (χ3v) is 7.17. The van der Waals surface area contributed by atoms with E-state index in [1.807, 2.05) is 63.2 Å². The molecule has 0 saturated carbocycles. The van der Waals surface area contributed by atoms with Gasteiger partial charge in [-0.05, 0) is 74.9 Å². The second-order valence-corrected chi connectivity index (χ2v) is 10.0. The molecule has 0 aliphatic carbocycles. The number of halogens is 1. The molecule has 1 heterocycles. The molecule has 0 aliphatic heterocycles. The normalized spacial score (nSPS) is 10.7. The topological polar surface area (TPSA) is 105 Å². The number of ether oxygens (including phenoxy) is 4. The molecule has 0 unspecified atom stereocenters. The van der Waals surface area contributed by atoms with Crippen molar-refractivity contribution in [2.24, 2.45) is 0 Å². The van der Waals surface area contributed by atoms with Crippen LogP contribution in [0, 0.1) is 6.92 Å². The van der Waals surface area contributed by atoms with Gasteiger partial charge in [0.2, 0.25) is 11.1 Å². The van der Waals surface area contributed by atoms with Gasteiger partial charge in [0.05, 0.1) is 33.2 Å². The first-order valence-electron chi connectivity index (χ1n) is 12.9. The Labute approximate surface area is 248 Å². The van der Waals surface area contributed by atoms with Crippen LogP contribution in [0.3, 0.4) is 0 Å². The maximum Gasteiger partial charge on any atom is 0.234 e. The maximum atomic E-state index is 12.7. The molecule has 0 saturated heterocycles. The summed E-state index contributed by atoms with van der Waals surface area (Å²) in [6.07, 6.45) is 0. The zero-order valence-electron chi connectivity index (χ0n) is 23.5. The van der Waals surface area contributed by atoms with E-state index in [1.165, 1.54) is 11.8 Å². The number of amides is 1. The minimum atomic E-state index is -0.219. The summed E-state index contributed by atoms with van der Waals surface area (Å²) in [6, 6.07) is 16.5. The van der Waals surface area contributed by atoms with E-state index < -0.39 is 0 Å². The fourth-order valence-electron chi connectivity index (χ4n) is 3.94. The first-order chi connectivity index (χ1) is 19.9. The number of aryl methyl sites for hydroxylation is 1. The molecular weight excluding hydrogens is 564 g/mol. The monoisotopic (exact) mass is 594 g/mol. The number of anilines is 1. The number of nitrogens with one attached hydrogen (secondary N) is 1. The molecule has 3 aromatic carbocycles. The quantitative estimate of drug-likeness (QED) is 0.179. The lowest BCUT2D eigenvalue weighted by Gasteiger charge is -2.14. The minimum Gasteiger partial charge on any atom is -0.493 e. The van der Waals surface area contributed by atoms with E-state index in [-0.39, 0.29) is 11.7 Å². The Morgan fingerprint density at radius 2 is 1.44 bits per heavy atom. The van der Waals surface area contributed by atoms with Crippen molar-refractivity contribution in [3.8, 4) is 45.5 Å². The average Bonchev–Trinajstić information content (AvgIpc) is 2.98. The van der Waals surface area contributed by atoms with Crippen LogP contribution in [-0.2, 0) is 4.79 Å². The first kappa shape index (κ1) is 30.0. The van der Waals surface area contributed by atoms with Gasteiger partial charge < -0.3 is 24.3 Å². The summed E-state index contributed by atoms with van der Waals surface area (Å²) >= 11 is 7.36. The van der Waals surface area contributed by atoms with Crippen molar-refractivity contribution in [3.63, 3.8) is 0 Å². The molecule has 1 aromatic heterocycles. The second kappa shape index (κ2) is 14.0. The standard InChI is InChI=1S/C30H31ClN4O5S/c1-6-39-23-12-9-19(14-25(23)37-4)28-29(20-10-13-24(40-7-2)26(15-20)38-5)34-35-30(33-28)41-17-27(36)32-21-11-8-18(3)22(31)16-21/h8-16H,6-7,17H2,1-5H3,(H,32,36). The molecule has 214 valence electrons. The third kappa shape index (κ3) is 7.39. The van der Waals surface area contributed by atoms with Crippen molar-refractivity contribution in [1.29, 1.82) is 0 Å². The van der Waals surface area contributed by atoms with E-state index in [9.17, 15) is 4.79 Å². The number of rotatable bonds is 12. The van der Waals surface area contributed by atoms with Gasteiger partial charge in [0.15, 0.2) is 23.0 Å². The van der Waals surface area contributed by atoms with E-state index in [1.54, 1.807) is 26.4 Å². The molecule has 4 aromatic rings. The van der Waals surface area contributed by atoms with Crippen molar-refractivity contribution in [1.82, 2.24) is 15.2 Å². The van der Waals surface area contributed by atoms with Crippen LogP contribution >= 0.6 is 23.4 Å². The molecule has 0 aliphatic rings. The number of carbonyl (C=O) groups excluding carboxylic acids is 1. The van der Waals surface area contributed by atoms with E-state index in [2.05, 4.69) is 15.5 Å². The second-order valence-electron chi connectivity index (χ2n) is 8.69. The van der Waals surface area contributed by atoms with E-state index in [0.29, 0.717) is 63.5 Å². The van der Waals surface area contributed by atoms with Gasteiger partial charge in [0.25, 0.3) is 0 Å². The van der Waals surface area contributed by atoms with Crippen molar-refractivity contribution in [2.75, 3.05) is 38.5 Å². The van der Waals surface area contributed by atoms with Crippen LogP contribution in [0.25, 0.3) is 22.5 Å². The van der Waals surface area contributed by atoms with Gasteiger partial charge >= 0.3 is 0 Å². The lowest BCUT2D eigenvalue weighted by molar-refractivity contribution is -0.113. The van der Waals surface area contributed by atoms with Gasteiger partial charge in [-0.25, -0.2) is 4.98 Å². The number of hydrogen-bond acceptors (Lipinski definition) is 9. The van der Waals surface area contributed by atoms with Gasteiger partial charge in [0.1, 0.15) is 11.4 Å². The Hall–Kier alpha value is -4.02. The fourth-order valence-corrected chi connectivity index (χ4v) is 4.71. The number of methoxy groups -OCH3 is 2. The Balaban J connectivity index is 1.68. The van der Waals surface area contributed by atoms with Crippen molar-refractivity contribution < 1.29 is 23.7 Å². The Kier molecular flexibility index (Phi) is 10.3. The summed E-state index contributed by atoms with van der Waals surface area (Å²) in [4.78, 5) is 17.5. The Bertz CT molecular complexity index is 1540. The number of aromatic nitrogens is 3. The summed E-state index contributed by atoms with van der Waals surface area (Å²) in [6.45, 7) is 6.72. The molecule has 11 heteroatoms. The van der Waals surface area contributed by atoms with Gasteiger partial charge in [-0.2, -0.15) is 0 Å². The highest BCUT2D eigenvalue weighted by atomic mass is 35.5. The summed E-state index contributed by atoms with van der Waals surface area (Å²) in [5.41, 5.74) is 4.11. The minimum absolute atomic E-state index is 0.0788. The molecule has 1 amide bonds. The number of benzene rings is 3. The molecule has 1 N–H and O–H groups in total. The Morgan fingerprint density at radius 1 is 0.829 bits per heavy atom. The average molecular weight is 595 g/mol. The zero-order valence-corrected chi connectivity index (χ0v) is 25.1. The zero-order chi connectivity index (χ0) is 29.4. The summed E-state index contributed by atoms with van der Waals surface area (Å²) in [5, 5.41) is 12.6. The molecule has 0 radical (unpaired) electrons. The van der Waals surface area contributed by atoms with E-state index in [4.69, 9.17) is 35.5 Å². The number of hydrogen-bond donors (Lipinski definition) is 1. The lowest BCUT2D eigenvalue weighted by Crippen LogP contribution is -2.14. The maximum absolute atomic E-state index is 12.7. The smallest absolute Gasteiger partial charge is 0.234 e. The van der Waals surface area contributed by atoms with Crippen molar-refractivity contribution in [3.05, 3.63) is 65.2 Å². The van der Waals surface area contributed by atoms with E-state index >= 15 is 0 Å². The Morgan fingerprint density at radius 3 is 2.00 bits per heavy atom. The summed E-state index contributed by atoms with van der Waals surface area (Å²) in [5.74, 6) is 2.22. The van der Waals surface area contributed by atoms with Gasteiger partial charge in [-0.1, -0.05) is 29.4 Å². The summed E-state index contributed by atoms with van der Waals surface area (Å²) < 4.78 is 22.5. The predicted octanol–water partition coefficient (Wildman–Crippen LogP) is 6.71. The first-order valence-corrected chi connectivity index (χ1v) is 14.3. The molecule has 0 bridgehead atoms. The molecule has 9 nitrogen and oxygen atoms in total. The molecule has 41 heavy (non-hydrogen) atoms. The molecule has 0 atom stereocenters. The lowest BCUT2D eigenvalue weighted by atomic mass is 10.0. The highest BCUT2D eigenvalue weighted by Crippen LogP contribution is 2.38. The van der Waals surface area contributed by atoms with Crippen LogP contribution < -0.4 is 24.3 Å². The van der Waals surface area contributed by atoms with Crippen LogP contribution in [-0.4, -0.2) is 54.3 Å². The molecule has 0 spiro atoms. The number of carbonyl (C=O) groups is 1. The largest absolute Gasteiger partial charge is 0.493 e. The molecule has 0 fully saturated rings. The van der Waals surface area contributed by atoms with Crippen LogP contribution in [0.1, 0.15) is 19.4 Å². The van der Waals surface area contributed by atoms with Gasteiger partial charge in [-0.3, -0.25) is 4.79 Å².